The maximum absolute atomic E-state index is 11.4. The van der Waals surface area contributed by atoms with Crippen LogP contribution in [-0.2, 0) is 9.53 Å². The van der Waals surface area contributed by atoms with Gasteiger partial charge in [0.25, 0.3) is 0 Å². The van der Waals surface area contributed by atoms with Crippen LogP contribution in [0.1, 0.15) is 12.8 Å². The minimum Gasteiger partial charge on any atom is -0.462 e. The molecule has 1 N–H and O–H groups in total. The Morgan fingerprint density at radius 2 is 2.40 bits per heavy atom. The topological polar surface area (TPSA) is 88.2 Å². The van der Waals surface area contributed by atoms with Crippen molar-refractivity contribution in [3.05, 3.63) is 35.9 Å². The number of carbonyl (C=O) groups excluding carboxylic acids is 1. The van der Waals surface area contributed by atoms with Gasteiger partial charge in [-0.2, -0.15) is 5.26 Å². The highest BCUT2D eigenvalue weighted by molar-refractivity contribution is 5.93. The molecule has 0 radical (unpaired) electrons. The predicted octanol–water partition coefficient (Wildman–Crippen LogP) is 2.52. The zero-order chi connectivity index (χ0) is 14.5. The summed E-state index contributed by atoms with van der Waals surface area (Å²) in [6.45, 7) is 3.67. The third-order valence-electron chi connectivity index (χ3n) is 2.49. The summed E-state index contributed by atoms with van der Waals surface area (Å²) < 4.78 is 10.1. The molecule has 1 aromatic carbocycles. The number of aromatic nitrogens is 1. The van der Waals surface area contributed by atoms with Crippen molar-refractivity contribution in [2.24, 2.45) is 0 Å². The average molecular weight is 271 g/mol. The van der Waals surface area contributed by atoms with Gasteiger partial charge in [-0.3, -0.25) is 0 Å². The normalized spacial score (nSPS) is 11.2. The number of hydrogen-bond acceptors (Lipinski definition) is 6. The number of ether oxygens (including phenoxy) is 1. The number of anilines is 1. The molecule has 0 bridgehead atoms. The SMILES string of the molecule is CCOC(=O)C(C#N)=CNc1ccc2oc(C)nc2c1. The first-order chi connectivity index (χ1) is 9.63. The first-order valence-electron chi connectivity index (χ1n) is 6.05. The molecular weight excluding hydrogens is 258 g/mol. The number of aryl methyl sites for hydroxylation is 1. The molecule has 0 aliphatic carbocycles. The maximum Gasteiger partial charge on any atom is 0.350 e. The number of nitrogens with zero attached hydrogens (tertiary/aromatic N) is 2. The molecule has 6 heteroatoms. The Balaban J connectivity index is 2.18. The van der Waals surface area contributed by atoms with E-state index < -0.39 is 5.97 Å². The Morgan fingerprint density at radius 3 is 3.10 bits per heavy atom. The van der Waals surface area contributed by atoms with E-state index in [9.17, 15) is 4.79 Å². The van der Waals surface area contributed by atoms with Crippen LogP contribution in [0, 0.1) is 18.3 Å². The van der Waals surface area contributed by atoms with E-state index in [0.29, 0.717) is 22.7 Å². The minimum absolute atomic E-state index is 0.0942. The molecule has 0 unspecified atom stereocenters. The van der Waals surface area contributed by atoms with Gasteiger partial charge >= 0.3 is 5.97 Å². The summed E-state index contributed by atoms with van der Waals surface area (Å²) in [6, 6.07) is 7.09. The summed E-state index contributed by atoms with van der Waals surface area (Å²) >= 11 is 0. The van der Waals surface area contributed by atoms with Gasteiger partial charge in [0.1, 0.15) is 11.6 Å². The number of oxazole rings is 1. The van der Waals surface area contributed by atoms with Crippen molar-refractivity contribution in [2.45, 2.75) is 13.8 Å². The lowest BCUT2D eigenvalue weighted by Crippen LogP contribution is -2.07. The van der Waals surface area contributed by atoms with Gasteiger partial charge in [0, 0.05) is 18.8 Å². The largest absolute Gasteiger partial charge is 0.462 e. The first-order valence-corrected chi connectivity index (χ1v) is 6.05. The summed E-state index contributed by atoms with van der Waals surface area (Å²) in [5, 5.41) is 11.8. The van der Waals surface area contributed by atoms with E-state index in [-0.39, 0.29) is 12.2 Å². The van der Waals surface area contributed by atoms with Crippen molar-refractivity contribution < 1.29 is 13.9 Å². The lowest BCUT2D eigenvalue weighted by molar-refractivity contribution is -0.138. The van der Waals surface area contributed by atoms with Crippen LogP contribution in [0.2, 0.25) is 0 Å². The smallest absolute Gasteiger partial charge is 0.350 e. The highest BCUT2D eigenvalue weighted by Crippen LogP contribution is 2.19. The third-order valence-corrected chi connectivity index (χ3v) is 2.49. The number of benzene rings is 1. The summed E-state index contributed by atoms with van der Waals surface area (Å²) in [5.41, 5.74) is 1.99. The average Bonchev–Trinajstić information content (AvgIpc) is 2.79. The Morgan fingerprint density at radius 1 is 1.60 bits per heavy atom. The zero-order valence-electron chi connectivity index (χ0n) is 11.1. The van der Waals surface area contributed by atoms with Crippen molar-refractivity contribution in [2.75, 3.05) is 11.9 Å². The molecule has 0 amide bonds. The minimum atomic E-state index is -0.652. The third kappa shape index (κ3) is 2.95. The number of fused-ring (bicyclic) bond motifs is 1. The zero-order valence-corrected chi connectivity index (χ0v) is 11.1. The van der Waals surface area contributed by atoms with Gasteiger partial charge in [0.2, 0.25) is 0 Å². The number of hydrogen-bond donors (Lipinski definition) is 1. The molecule has 0 aliphatic rings. The van der Waals surface area contributed by atoms with E-state index in [1.54, 1.807) is 38.1 Å². The van der Waals surface area contributed by atoms with Crippen LogP contribution in [0.4, 0.5) is 5.69 Å². The van der Waals surface area contributed by atoms with Gasteiger partial charge in [-0.1, -0.05) is 0 Å². The van der Waals surface area contributed by atoms with Gasteiger partial charge in [0.05, 0.1) is 6.61 Å². The highest BCUT2D eigenvalue weighted by atomic mass is 16.5. The van der Waals surface area contributed by atoms with Crippen molar-refractivity contribution >= 4 is 22.8 Å². The van der Waals surface area contributed by atoms with Crippen LogP contribution >= 0.6 is 0 Å². The second-order valence-corrected chi connectivity index (χ2v) is 3.95. The molecule has 2 aromatic rings. The summed E-state index contributed by atoms with van der Waals surface area (Å²) in [7, 11) is 0. The lowest BCUT2D eigenvalue weighted by Gasteiger charge is -2.02. The fourth-order valence-corrected chi connectivity index (χ4v) is 1.63. The van der Waals surface area contributed by atoms with Crippen molar-refractivity contribution in [3.8, 4) is 6.07 Å². The van der Waals surface area contributed by atoms with Gasteiger partial charge in [0.15, 0.2) is 17.0 Å². The van der Waals surface area contributed by atoms with Gasteiger partial charge in [-0.05, 0) is 25.1 Å². The molecule has 102 valence electrons. The summed E-state index contributed by atoms with van der Waals surface area (Å²) in [6.07, 6.45) is 1.31. The first kappa shape index (κ1) is 13.6. The monoisotopic (exact) mass is 271 g/mol. The number of esters is 1. The molecule has 0 spiro atoms. The van der Waals surface area contributed by atoms with E-state index >= 15 is 0 Å². The summed E-state index contributed by atoms with van der Waals surface area (Å²) in [4.78, 5) is 15.6. The number of carbonyl (C=O) groups is 1. The quantitative estimate of drug-likeness (QED) is 0.522. The number of rotatable bonds is 4. The number of nitriles is 1. The Bertz CT molecular complexity index is 710. The van der Waals surface area contributed by atoms with Gasteiger partial charge in [-0.15, -0.1) is 0 Å². The van der Waals surface area contributed by atoms with Crippen LogP contribution in [-0.4, -0.2) is 17.6 Å². The Kier molecular flexibility index (Phi) is 4.01. The molecule has 20 heavy (non-hydrogen) atoms. The number of nitrogens with one attached hydrogen (secondary N) is 1. The molecule has 0 aliphatic heterocycles. The van der Waals surface area contributed by atoms with Crippen LogP contribution in [0.15, 0.2) is 34.4 Å². The fraction of sp³-hybridized carbons (Fsp3) is 0.214. The Hall–Kier alpha value is -2.81. The molecule has 2 rings (SSSR count). The van der Waals surface area contributed by atoms with Gasteiger partial charge < -0.3 is 14.5 Å². The molecule has 1 aromatic heterocycles. The summed E-state index contributed by atoms with van der Waals surface area (Å²) in [5.74, 6) is -0.0715. The highest BCUT2D eigenvalue weighted by Gasteiger charge is 2.09. The Labute approximate surface area is 115 Å². The van der Waals surface area contributed by atoms with Crippen LogP contribution in [0.3, 0.4) is 0 Å². The molecule has 1 heterocycles. The van der Waals surface area contributed by atoms with E-state index in [1.807, 2.05) is 0 Å². The van der Waals surface area contributed by atoms with E-state index in [2.05, 4.69) is 10.3 Å². The molecule has 0 fully saturated rings. The predicted molar refractivity (Wildman–Crippen MR) is 72.7 cm³/mol. The van der Waals surface area contributed by atoms with Crippen LogP contribution in [0.25, 0.3) is 11.1 Å². The van der Waals surface area contributed by atoms with Crippen molar-refractivity contribution in [1.82, 2.24) is 4.98 Å². The van der Waals surface area contributed by atoms with E-state index in [1.165, 1.54) is 6.20 Å². The maximum atomic E-state index is 11.4. The second kappa shape index (κ2) is 5.89. The van der Waals surface area contributed by atoms with E-state index in [0.717, 1.165) is 0 Å². The molecule has 0 saturated heterocycles. The molecule has 0 saturated carbocycles. The molecule has 0 atom stereocenters. The van der Waals surface area contributed by atoms with Crippen molar-refractivity contribution in [1.29, 1.82) is 5.26 Å². The van der Waals surface area contributed by atoms with E-state index in [4.69, 9.17) is 14.4 Å². The molecular formula is C14H13N3O3. The fourth-order valence-electron chi connectivity index (χ4n) is 1.63. The van der Waals surface area contributed by atoms with Crippen LogP contribution < -0.4 is 5.32 Å². The van der Waals surface area contributed by atoms with Gasteiger partial charge in [-0.25, -0.2) is 9.78 Å². The van der Waals surface area contributed by atoms with Crippen molar-refractivity contribution in [3.63, 3.8) is 0 Å². The standard InChI is InChI=1S/C14H13N3O3/c1-3-19-14(18)10(7-15)8-16-11-4-5-13-12(6-11)17-9(2)20-13/h4-6,8,16H,3H2,1-2H3. The second-order valence-electron chi connectivity index (χ2n) is 3.95. The molecule has 6 nitrogen and oxygen atoms in total. The van der Waals surface area contributed by atoms with Crippen LogP contribution in [0.5, 0.6) is 0 Å². The lowest BCUT2D eigenvalue weighted by atomic mass is 10.2.